The van der Waals surface area contributed by atoms with Crippen molar-refractivity contribution >= 4 is 34.3 Å². The van der Waals surface area contributed by atoms with E-state index < -0.39 is 0 Å². The highest BCUT2D eigenvalue weighted by atomic mass is 35.5. The molecule has 4 heteroatoms. The Kier molecular flexibility index (Phi) is 3.81. The predicted octanol–water partition coefficient (Wildman–Crippen LogP) is 5.05. The van der Waals surface area contributed by atoms with Crippen molar-refractivity contribution < 1.29 is 4.74 Å². The van der Waals surface area contributed by atoms with Gasteiger partial charge in [0.15, 0.2) is 0 Å². The molecule has 0 unspecified atom stereocenters. The van der Waals surface area contributed by atoms with E-state index in [2.05, 4.69) is 11.1 Å². The van der Waals surface area contributed by atoms with Gasteiger partial charge in [-0.1, -0.05) is 41.6 Å². The third kappa shape index (κ3) is 2.74. The second-order valence-electron chi connectivity index (χ2n) is 4.24. The Hall–Kier alpha value is -1.71. The van der Waals surface area contributed by atoms with Crippen LogP contribution in [0, 0.1) is 0 Å². The molecule has 3 rings (SSSR count). The highest BCUT2D eigenvalue weighted by Crippen LogP contribution is 2.35. The summed E-state index contributed by atoms with van der Waals surface area (Å²) in [6.07, 6.45) is 0. The van der Waals surface area contributed by atoms with Crippen molar-refractivity contribution in [1.82, 2.24) is 4.98 Å². The third-order valence-corrected chi connectivity index (χ3v) is 4.19. The Balaban J connectivity index is 2.01. The predicted molar refractivity (Wildman–Crippen MR) is 83.9 cm³/mol. The van der Waals surface area contributed by atoms with Gasteiger partial charge in [0.05, 0.1) is 12.6 Å². The number of hydrogen-bond donors (Lipinski definition) is 0. The summed E-state index contributed by atoms with van der Waals surface area (Å²) in [6, 6.07) is 17.9. The van der Waals surface area contributed by atoms with Crippen LogP contribution in [0.1, 0.15) is 0 Å². The fourth-order valence-corrected chi connectivity index (χ4v) is 3.21. The number of methoxy groups -OCH3 is 1. The van der Waals surface area contributed by atoms with Crippen LogP contribution >= 0.6 is 23.4 Å². The van der Waals surface area contributed by atoms with Gasteiger partial charge in [-0.15, -0.1) is 0 Å². The summed E-state index contributed by atoms with van der Waals surface area (Å²) in [5, 5.41) is 1.62. The van der Waals surface area contributed by atoms with Crippen molar-refractivity contribution in [2.75, 3.05) is 7.11 Å². The molecule has 0 N–H and O–H groups in total. The van der Waals surface area contributed by atoms with E-state index >= 15 is 0 Å². The number of benzene rings is 2. The van der Waals surface area contributed by atoms with Crippen LogP contribution in [-0.4, -0.2) is 12.1 Å². The maximum Gasteiger partial charge on any atom is 0.130 e. The van der Waals surface area contributed by atoms with Gasteiger partial charge in [0.25, 0.3) is 0 Å². The molecule has 0 aliphatic heterocycles. The molecule has 2 aromatic carbocycles. The third-order valence-electron chi connectivity index (χ3n) is 2.93. The molecular formula is C16H12ClNOS. The Morgan fingerprint density at radius 1 is 1.05 bits per heavy atom. The van der Waals surface area contributed by atoms with Gasteiger partial charge in [0.1, 0.15) is 10.9 Å². The number of fused-ring (bicyclic) bond motifs is 1. The molecule has 1 aromatic heterocycles. The van der Waals surface area contributed by atoms with Gasteiger partial charge < -0.3 is 4.74 Å². The molecule has 0 fully saturated rings. The molecule has 0 bridgehead atoms. The first-order valence-corrected chi connectivity index (χ1v) is 7.33. The fraction of sp³-hybridized carbons (Fsp3) is 0.0625. The lowest BCUT2D eigenvalue weighted by Gasteiger charge is -2.07. The summed E-state index contributed by atoms with van der Waals surface area (Å²) in [7, 11) is 1.66. The van der Waals surface area contributed by atoms with Crippen molar-refractivity contribution in [2.24, 2.45) is 0 Å². The van der Waals surface area contributed by atoms with E-state index in [9.17, 15) is 0 Å². The van der Waals surface area contributed by atoms with Crippen molar-refractivity contribution in [3.63, 3.8) is 0 Å². The number of nitrogens with zero attached hydrogens (tertiary/aromatic N) is 1. The average molecular weight is 302 g/mol. The van der Waals surface area contributed by atoms with Crippen LogP contribution in [0.3, 0.4) is 0 Å². The number of aromatic nitrogens is 1. The standard InChI is InChI=1S/C16H12ClNOS/c1-19-11-6-8-12(9-7-11)20-15-10-16(17)18-14-5-3-2-4-13(14)15/h2-10H,1H3. The van der Waals surface area contributed by atoms with Gasteiger partial charge in [0.2, 0.25) is 0 Å². The lowest BCUT2D eigenvalue weighted by molar-refractivity contribution is 0.414. The summed E-state index contributed by atoms with van der Waals surface area (Å²) < 4.78 is 5.17. The quantitative estimate of drug-likeness (QED) is 0.632. The van der Waals surface area contributed by atoms with Gasteiger partial charge >= 0.3 is 0 Å². The zero-order valence-corrected chi connectivity index (χ0v) is 12.4. The lowest BCUT2D eigenvalue weighted by atomic mass is 10.2. The average Bonchev–Trinajstić information content (AvgIpc) is 2.48. The summed E-state index contributed by atoms with van der Waals surface area (Å²) in [6.45, 7) is 0. The summed E-state index contributed by atoms with van der Waals surface area (Å²) in [5.41, 5.74) is 0.913. The maximum atomic E-state index is 6.09. The maximum absolute atomic E-state index is 6.09. The van der Waals surface area contributed by atoms with E-state index in [4.69, 9.17) is 16.3 Å². The first kappa shape index (κ1) is 13.3. The topological polar surface area (TPSA) is 22.1 Å². The van der Waals surface area contributed by atoms with E-state index in [1.54, 1.807) is 18.9 Å². The Morgan fingerprint density at radius 2 is 1.80 bits per heavy atom. The molecule has 100 valence electrons. The minimum absolute atomic E-state index is 0.514. The minimum Gasteiger partial charge on any atom is -0.497 e. The SMILES string of the molecule is COc1ccc(Sc2cc(Cl)nc3ccccc23)cc1. The molecule has 0 atom stereocenters. The van der Waals surface area contributed by atoms with Gasteiger partial charge in [-0.25, -0.2) is 4.98 Å². The van der Waals surface area contributed by atoms with Crippen molar-refractivity contribution in [3.8, 4) is 5.75 Å². The summed E-state index contributed by atoms with van der Waals surface area (Å²) in [5.74, 6) is 0.854. The number of hydrogen-bond acceptors (Lipinski definition) is 3. The number of pyridine rings is 1. The molecule has 20 heavy (non-hydrogen) atoms. The van der Waals surface area contributed by atoms with Crippen LogP contribution in [-0.2, 0) is 0 Å². The van der Waals surface area contributed by atoms with Crippen LogP contribution in [0.2, 0.25) is 5.15 Å². The number of rotatable bonds is 3. The first-order valence-electron chi connectivity index (χ1n) is 6.13. The highest BCUT2D eigenvalue weighted by molar-refractivity contribution is 7.99. The Bertz CT molecular complexity index is 743. The van der Waals surface area contributed by atoms with E-state index in [1.165, 1.54) is 0 Å². The molecule has 0 saturated heterocycles. The molecule has 0 radical (unpaired) electrons. The lowest BCUT2D eigenvalue weighted by Crippen LogP contribution is -1.84. The Labute approximate surface area is 126 Å². The molecule has 0 saturated carbocycles. The van der Waals surface area contributed by atoms with Gasteiger partial charge in [0, 0.05) is 15.2 Å². The van der Waals surface area contributed by atoms with E-state index in [0.29, 0.717) is 5.15 Å². The van der Waals surface area contributed by atoms with Gasteiger partial charge in [-0.3, -0.25) is 0 Å². The van der Waals surface area contributed by atoms with Crippen molar-refractivity contribution in [1.29, 1.82) is 0 Å². The number of ether oxygens (including phenoxy) is 1. The van der Waals surface area contributed by atoms with Crippen molar-refractivity contribution in [3.05, 3.63) is 59.8 Å². The molecule has 0 spiro atoms. The molecule has 3 aromatic rings. The van der Waals surface area contributed by atoms with Gasteiger partial charge in [-0.05, 0) is 36.4 Å². The normalized spacial score (nSPS) is 10.7. The van der Waals surface area contributed by atoms with Crippen LogP contribution < -0.4 is 4.74 Å². The van der Waals surface area contributed by atoms with E-state index in [1.807, 2.05) is 48.5 Å². The zero-order valence-electron chi connectivity index (χ0n) is 10.8. The minimum atomic E-state index is 0.514. The largest absolute Gasteiger partial charge is 0.497 e. The monoisotopic (exact) mass is 301 g/mol. The molecule has 2 nitrogen and oxygen atoms in total. The van der Waals surface area contributed by atoms with Crippen molar-refractivity contribution in [2.45, 2.75) is 9.79 Å². The summed E-state index contributed by atoms with van der Waals surface area (Å²) >= 11 is 7.76. The molecule has 0 aliphatic carbocycles. The second kappa shape index (κ2) is 5.73. The van der Waals surface area contributed by atoms with Crippen LogP contribution in [0.5, 0.6) is 5.75 Å². The summed E-state index contributed by atoms with van der Waals surface area (Å²) in [4.78, 5) is 6.58. The molecule has 0 amide bonds. The number of halogens is 1. The second-order valence-corrected chi connectivity index (χ2v) is 5.74. The van der Waals surface area contributed by atoms with Crippen LogP contribution in [0.4, 0.5) is 0 Å². The van der Waals surface area contributed by atoms with Crippen LogP contribution in [0.15, 0.2) is 64.4 Å². The zero-order chi connectivity index (χ0) is 13.9. The Morgan fingerprint density at radius 3 is 2.55 bits per heavy atom. The van der Waals surface area contributed by atoms with E-state index in [0.717, 1.165) is 26.4 Å². The highest BCUT2D eigenvalue weighted by Gasteiger charge is 2.06. The smallest absolute Gasteiger partial charge is 0.130 e. The molecule has 1 heterocycles. The van der Waals surface area contributed by atoms with E-state index in [-0.39, 0.29) is 0 Å². The first-order chi connectivity index (χ1) is 9.76. The number of para-hydroxylation sites is 1. The molecule has 0 aliphatic rings. The van der Waals surface area contributed by atoms with Crippen LogP contribution in [0.25, 0.3) is 10.9 Å². The van der Waals surface area contributed by atoms with Gasteiger partial charge in [-0.2, -0.15) is 0 Å². The fourth-order valence-electron chi connectivity index (χ4n) is 1.97. The molecular weight excluding hydrogens is 290 g/mol.